The van der Waals surface area contributed by atoms with Crippen LogP contribution in [0.1, 0.15) is 18.9 Å². The minimum atomic E-state index is 0.0162. The van der Waals surface area contributed by atoms with E-state index in [2.05, 4.69) is 59.5 Å². The number of nitrogens with zero attached hydrogens (tertiary/aromatic N) is 2. The van der Waals surface area contributed by atoms with Crippen molar-refractivity contribution in [3.8, 4) is 6.07 Å². The van der Waals surface area contributed by atoms with Crippen LogP contribution in [-0.4, -0.2) is 32.7 Å². The Labute approximate surface area is 156 Å². The summed E-state index contributed by atoms with van der Waals surface area (Å²) in [6.45, 7) is 3.47. The van der Waals surface area contributed by atoms with Gasteiger partial charge in [-0.15, -0.1) is 0 Å². The summed E-state index contributed by atoms with van der Waals surface area (Å²) in [4.78, 5) is 2.54. The Morgan fingerprint density at radius 1 is 1.12 bits per heavy atom. The molecule has 0 spiro atoms. The van der Waals surface area contributed by atoms with E-state index in [-0.39, 0.29) is 21.2 Å². The zero-order valence-corrected chi connectivity index (χ0v) is 16.1. The number of ether oxygens (including phenoxy) is 1. The number of benzene rings is 2. The number of allylic oxidation sites excluding steroid dienone is 1. The molecule has 0 N–H and O–H groups in total. The summed E-state index contributed by atoms with van der Waals surface area (Å²) in [6.07, 6.45) is 2.80. The van der Waals surface area contributed by atoms with Crippen LogP contribution >= 0.6 is 0 Å². The minimum absolute atomic E-state index is 0.0162. The van der Waals surface area contributed by atoms with Crippen molar-refractivity contribution in [1.29, 1.82) is 5.26 Å². The SMILES string of the molecule is CCO[C@@H]1[C@@H]([Se]c2ccccc2)CC(C#N)=CN1Cc1ccccc1. The van der Waals surface area contributed by atoms with E-state index < -0.39 is 0 Å². The zero-order valence-electron chi connectivity index (χ0n) is 14.3. The van der Waals surface area contributed by atoms with Crippen LogP contribution in [0.3, 0.4) is 0 Å². The number of hydrogen-bond donors (Lipinski definition) is 0. The molecule has 4 heteroatoms. The molecule has 3 nitrogen and oxygen atoms in total. The predicted molar refractivity (Wildman–Crippen MR) is 101 cm³/mol. The summed E-state index contributed by atoms with van der Waals surface area (Å²) in [5.74, 6) is 0. The van der Waals surface area contributed by atoms with Gasteiger partial charge < -0.3 is 0 Å². The summed E-state index contributed by atoms with van der Waals surface area (Å²) in [7, 11) is 0. The van der Waals surface area contributed by atoms with E-state index in [1.165, 1.54) is 10.0 Å². The Balaban J connectivity index is 1.85. The third-order valence-corrected chi connectivity index (χ3v) is 6.72. The van der Waals surface area contributed by atoms with Gasteiger partial charge in [0.2, 0.25) is 0 Å². The molecule has 3 rings (SSSR count). The van der Waals surface area contributed by atoms with E-state index in [1.54, 1.807) is 0 Å². The molecule has 0 unspecified atom stereocenters. The first-order valence-electron chi connectivity index (χ1n) is 8.54. The van der Waals surface area contributed by atoms with E-state index in [1.807, 2.05) is 25.3 Å². The van der Waals surface area contributed by atoms with E-state index in [4.69, 9.17) is 4.74 Å². The molecule has 25 heavy (non-hydrogen) atoms. The quantitative estimate of drug-likeness (QED) is 0.701. The van der Waals surface area contributed by atoms with Crippen molar-refractivity contribution in [2.24, 2.45) is 0 Å². The van der Waals surface area contributed by atoms with Crippen LogP contribution in [0.25, 0.3) is 0 Å². The van der Waals surface area contributed by atoms with Gasteiger partial charge in [0.1, 0.15) is 0 Å². The molecule has 0 saturated heterocycles. The molecule has 0 amide bonds. The van der Waals surface area contributed by atoms with Gasteiger partial charge in [0.15, 0.2) is 0 Å². The summed E-state index contributed by atoms with van der Waals surface area (Å²) in [6, 6.07) is 23.3. The third-order valence-electron chi connectivity index (χ3n) is 4.11. The van der Waals surface area contributed by atoms with Crippen LogP contribution in [0.2, 0.25) is 4.82 Å². The van der Waals surface area contributed by atoms with Gasteiger partial charge in [0, 0.05) is 0 Å². The Kier molecular flexibility index (Phi) is 6.30. The van der Waals surface area contributed by atoms with Crippen LogP contribution in [0.5, 0.6) is 0 Å². The van der Waals surface area contributed by atoms with Crippen molar-refractivity contribution >= 4 is 19.4 Å². The Morgan fingerprint density at radius 2 is 1.80 bits per heavy atom. The van der Waals surface area contributed by atoms with E-state index in [0.29, 0.717) is 11.4 Å². The maximum atomic E-state index is 9.50. The fraction of sp³-hybridized carbons (Fsp3) is 0.286. The molecule has 0 bridgehead atoms. The monoisotopic (exact) mass is 398 g/mol. The average Bonchev–Trinajstić information content (AvgIpc) is 2.66. The molecule has 0 fully saturated rings. The molecule has 2 aromatic carbocycles. The van der Waals surface area contributed by atoms with Crippen LogP contribution < -0.4 is 4.46 Å². The Hall–Kier alpha value is -2.05. The topological polar surface area (TPSA) is 36.3 Å². The first-order chi connectivity index (χ1) is 12.3. The third kappa shape index (κ3) is 4.74. The van der Waals surface area contributed by atoms with Crippen molar-refractivity contribution in [2.45, 2.75) is 30.9 Å². The van der Waals surface area contributed by atoms with Crippen LogP contribution in [0.4, 0.5) is 0 Å². The molecule has 1 aliphatic rings. The van der Waals surface area contributed by atoms with E-state index in [0.717, 1.165) is 18.5 Å². The van der Waals surface area contributed by atoms with Crippen molar-refractivity contribution in [1.82, 2.24) is 4.90 Å². The number of nitriles is 1. The van der Waals surface area contributed by atoms with E-state index in [9.17, 15) is 5.26 Å². The standard InChI is InChI=1S/C21H22N2OSe/c1-2-24-21-20(25-19-11-7-4-8-12-19)13-18(14-22)16-23(21)15-17-9-5-3-6-10-17/h3-12,16,20-21H,2,13,15H2,1H3/t20-,21+/m0/s1. The number of rotatable bonds is 6. The van der Waals surface area contributed by atoms with Crippen molar-refractivity contribution in [3.63, 3.8) is 0 Å². The average molecular weight is 397 g/mol. The molecule has 128 valence electrons. The fourth-order valence-corrected chi connectivity index (χ4v) is 5.69. The van der Waals surface area contributed by atoms with Crippen LogP contribution in [-0.2, 0) is 11.3 Å². The van der Waals surface area contributed by atoms with Gasteiger partial charge in [0.25, 0.3) is 0 Å². The van der Waals surface area contributed by atoms with Crippen LogP contribution in [0.15, 0.2) is 72.4 Å². The second-order valence-corrected chi connectivity index (χ2v) is 8.70. The van der Waals surface area contributed by atoms with Gasteiger partial charge in [-0.1, -0.05) is 0 Å². The molecule has 0 aliphatic carbocycles. The molecule has 0 radical (unpaired) electrons. The zero-order chi connectivity index (χ0) is 17.5. The van der Waals surface area contributed by atoms with Crippen molar-refractivity contribution < 1.29 is 4.74 Å². The molecular formula is C21H22N2OSe. The summed E-state index contributed by atoms with van der Waals surface area (Å²) in [5.41, 5.74) is 2.07. The normalized spacial score (nSPS) is 20.0. The summed E-state index contributed by atoms with van der Waals surface area (Å²) in [5, 5.41) is 9.50. The van der Waals surface area contributed by atoms with Crippen LogP contribution in [0, 0.1) is 11.3 Å². The molecule has 1 aliphatic heterocycles. The van der Waals surface area contributed by atoms with Crippen molar-refractivity contribution in [2.75, 3.05) is 6.61 Å². The second-order valence-electron chi connectivity index (χ2n) is 5.94. The van der Waals surface area contributed by atoms with Crippen molar-refractivity contribution in [3.05, 3.63) is 78.0 Å². The van der Waals surface area contributed by atoms with Gasteiger partial charge in [0.05, 0.1) is 0 Å². The first-order valence-corrected chi connectivity index (χ1v) is 10.4. The summed E-state index contributed by atoms with van der Waals surface area (Å²) < 4.78 is 7.48. The molecular weight excluding hydrogens is 375 g/mol. The predicted octanol–water partition coefficient (Wildman–Crippen LogP) is 3.48. The Morgan fingerprint density at radius 3 is 2.44 bits per heavy atom. The van der Waals surface area contributed by atoms with Gasteiger partial charge in [-0.2, -0.15) is 0 Å². The fourth-order valence-electron chi connectivity index (χ4n) is 3.01. The number of hydrogen-bond acceptors (Lipinski definition) is 3. The molecule has 0 saturated carbocycles. The second kappa shape index (κ2) is 8.87. The Bertz CT molecular complexity index is 739. The summed E-state index contributed by atoms with van der Waals surface area (Å²) >= 11 is 0.256. The van der Waals surface area contributed by atoms with Gasteiger partial charge in [-0.25, -0.2) is 0 Å². The molecule has 0 aromatic heterocycles. The maximum absolute atomic E-state index is 9.50. The van der Waals surface area contributed by atoms with Gasteiger partial charge >= 0.3 is 156 Å². The van der Waals surface area contributed by atoms with E-state index >= 15 is 0 Å². The molecule has 1 heterocycles. The first kappa shape index (κ1) is 17.8. The van der Waals surface area contributed by atoms with Gasteiger partial charge in [-0.3, -0.25) is 0 Å². The molecule has 2 atom stereocenters. The molecule has 2 aromatic rings. The van der Waals surface area contributed by atoms with Gasteiger partial charge in [-0.05, 0) is 0 Å².